The van der Waals surface area contributed by atoms with E-state index in [-0.39, 0.29) is 24.1 Å². The first-order valence-electron chi connectivity index (χ1n) is 9.27. The zero-order chi connectivity index (χ0) is 19.1. The van der Waals surface area contributed by atoms with E-state index in [9.17, 15) is 9.90 Å². The van der Waals surface area contributed by atoms with Crippen LogP contribution >= 0.6 is 0 Å². The molecule has 0 amide bonds. The minimum Gasteiger partial charge on any atom is -0.872 e. The Balaban J connectivity index is 1.45. The normalized spacial score (nSPS) is 19.7. The van der Waals surface area contributed by atoms with Gasteiger partial charge in [-0.2, -0.15) is 0 Å². The summed E-state index contributed by atoms with van der Waals surface area (Å²) in [5.74, 6) is 1.59. The summed E-state index contributed by atoms with van der Waals surface area (Å²) in [6.45, 7) is 3.72. The van der Waals surface area contributed by atoms with E-state index < -0.39 is 0 Å². The van der Waals surface area contributed by atoms with Crippen molar-refractivity contribution in [3.05, 3.63) is 52.8 Å². The smallest absolute Gasteiger partial charge is 0.231 e. The molecule has 1 fully saturated rings. The molecule has 3 heterocycles. The third kappa shape index (κ3) is 2.98. The van der Waals surface area contributed by atoms with Crippen molar-refractivity contribution >= 4 is 11.9 Å². The lowest BCUT2D eigenvalue weighted by atomic mass is 10.0. The largest absolute Gasteiger partial charge is 0.872 e. The van der Waals surface area contributed by atoms with E-state index in [1.165, 1.54) is 11.0 Å². The molecule has 2 aromatic rings. The summed E-state index contributed by atoms with van der Waals surface area (Å²) in [4.78, 5) is 14.1. The fourth-order valence-electron chi connectivity index (χ4n) is 3.70. The van der Waals surface area contributed by atoms with Gasteiger partial charge in [0.25, 0.3) is 0 Å². The predicted octanol–water partition coefficient (Wildman–Crippen LogP) is 0.520. The van der Waals surface area contributed by atoms with Crippen LogP contribution in [-0.2, 0) is 11.3 Å². The van der Waals surface area contributed by atoms with Gasteiger partial charge in [-0.25, -0.2) is 0 Å². The molecular formula is C21H19NO6. The number of hydrogen-bond acceptors (Lipinski definition) is 6. The number of fused-ring (bicyclic) bond motifs is 2. The third-order valence-corrected chi connectivity index (χ3v) is 5.22. The average molecular weight is 381 g/mol. The van der Waals surface area contributed by atoms with Gasteiger partial charge in [0, 0.05) is 5.56 Å². The molecule has 0 atom stereocenters. The number of Topliss-reactive ketones (excluding diaryl/α,β-unsaturated/α-hetero) is 1. The van der Waals surface area contributed by atoms with E-state index >= 15 is 0 Å². The summed E-state index contributed by atoms with van der Waals surface area (Å²) in [5, 5.41) is 12.5. The maximum absolute atomic E-state index is 12.8. The Kier molecular flexibility index (Phi) is 4.18. The van der Waals surface area contributed by atoms with Gasteiger partial charge in [-0.15, -0.1) is 0 Å². The van der Waals surface area contributed by atoms with E-state index in [0.29, 0.717) is 48.1 Å². The van der Waals surface area contributed by atoms with Gasteiger partial charge in [-0.3, -0.25) is 4.79 Å². The minimum absolute atomic E-state index is 0.102. The second-order valence-electron chi connectivity index (χ2n) is 7.01. The molecule has 0 bridgehead atoms. The SMILES string of the molecule is O=C1/C(=C/c2ccc3c(c2)OCO3)Oc2c1ccc([O-])c2C[NH+]1CCOCC1. The van der Waals surface area contributed by atoms with Gasteiger partial charge in [0.2, 0.25) is 12.6 Å². The van der Waals surface area contributed by atoms with Crippen molar-refractivity contribution in [2.24, 2.45) is 0 Å². The summed E-state index contributed by atoms with van der Waals surface area (Å²) in [6, 6.07) is 8.44. The number of ketones is 1. The Labute approximate surface area is 161 Å². The first kappa shape index (κ1) is 17.1. The van der Waals surface area contributed by atoms with Gasteiger partial charge in [0.15, 0.2) is 17.3 Å². The zero-order valence-electron chi connectivity index (χ0n) is 15.2. The second kappa shape index (κ2) is 6.85. The monoisotopic (exact) mass is 381 g/mol. The number of rotatable bonds is 3. The number of allylic oxidation sites excluding steroid dienone is 1. The van der Waals surface area contributed by atoms with Gasteiger partial charge >= 0.3 is 0 Å². The molecule has 7 nitrogen and oxygen atoms in total. The lowest BCUT2D eigenvalue weighted by Gasteiger charge is -2.26. The van der Waals surface area contributed by atoms with E-state index in [1.807, 2.05) is 6.07 Å². The highest BCUT2D eigenvalue weighted by atomic mass is 16.7. The van der Waals surface area contributed by atoms with E-state index in [0.717, 1.165) is 18.7 Å². The second-order valence-corrected chi connectivity index (χ2v) is 7.01. The van der Waals surface area contributed by atoms with Crippen LogP contribution in [0.3, 0.4) is 0 Å². The van der Waals surface area contributed by atoms with Crippen molar-refractivity contribution < 1.29 is 33.7 Å². The van der Waals surface area contributed by atoms with Crippen molar-refractivity contribution in [2.45, 2.75) is 6.54 Å². The Morgan fingerprint density at radius 1 is 1.07 bits per heavy atom. The quantitative estimate of drug-likeness (QED) is 0.781. The molecule has 28 heavy (non-hydrogen) atoms. The Bertz CT molecular complexity index is 977. The van der Waals surface area contributed by atoms with Crippen molar-refractivity contribution in [3.63, 3.8) is 0 Å². The van der Waals surface area contributed by atoms with Gasteiger partial charge in [0.05, 0.1) is 18.8 Å². The summed E-state index contributed by atoms with van der Waals surface area (Å²) < 4.78 is 22.0. The molecule has 5 rings (SSSR count). The molecule has 1 saturated heterocycles. The number of quaternary nitrogens is 1. The highest BCUT2D eigenvalue weighted by Gasteiger charge is 2.31. The van der Waals surface area contributed by atoms with Crippen LogP contribution < -0.4 is 24.2 Å². The summed E-state index contributed by atoms with van der Waals surface area (Å²) in [7, 11) is 0. The molecule has 144 valence electrons. The van der Waals surface area contributed by atoms with Crippen molar-refractivity contribution in [2.75, 3.05) is 33.1 Å². The maximum Gasteiger partial charge on any atom is 0.231 e. The fourth-order valence-corrected chi connectivity index (χ4v) is 3.70. The fraction of sp³-hybridized carbons (Fsp3) is 0.286. The van der Waals surface area contributed by atoms with Crippen LogP contribution in [0.25, 0.3) is 6.08 Å². The van der Waals surface area contributed by atoms with Crippen LogP contribution in [0.2, 0.25) is 0 Å². The molecular weight excluding hydrogens is 362 g/mol. The van der Waals surface area contributed by atoms with Gasteiger partial charge in [-0.05, 0) is 29.8 Å². The van der Waals surface area contributed by atoms with Gasteiger partial charge < -0.3 is 29.0 Å². The standard InChI is InChI=1S/C21H19NO6/c23-16-3-2-14-20(24)19(10-13-1-4-17-18(9-13)27-12-26-17)28-21(14)15(16)11-22-5-7-25-8-6-22/h1-4,9-10,23H,5-8,11-12H2/b19-10-. The van der Waals surface area contributed by atoms with Crippen LogP contribution in [0.1, 0.15) is 21.5 Å². The van der Waals surface area contributed by atoms with Crippen molar-refractivity contribution in [1.29, 1.82) is 0 Å². The van der Waals surface area contributed by atoms with Crippen molar-refractivity contribution in [3.8, 4) is 23.0 Å². The highest BCUT2D eigenvalue weighted by Crippen LogP contribution is 2.39. The number of carbonyl (C=O) groups excluding carboxylic acids is 1. The van der Waals surface area contributed by atoms with Gasteiger partial charge in [0.1, 0.15) is 25.4 Å². The van der Waals surface area contributed by atoms with E-state index in [2.05, 4.69) is 0 Å². The third-order valence-electron chi connectivity index (χ3n) is 5.22. The topological polar surface area (TPSA) is 81.5 Å². The summed E-state index contributed by atoms with van der Waals surface area (Å²) >= 11 is 0. The van der Waals surface area contributed by atoms with Crippen LogP contribution in [0.4, 0.5) is 0 Å². The number of morpholine rings is 1. The lowest BCUT2D eigenvalue weighted by Crippen LogP contribution is -3.12. The molecule has 2 aromatic carbocycles. The zero-order valence-corrected chi connectivity index (χ0v) is 15.2. The lowest BCUT2D eigenvalue weighted by molar-refractivity contribution is -0.921. The number of benzene rings is 2. The molecule has 3 aliphatic heterocycles. The Morgan fingerprint density at radius 2 is 1.89 bits per heavy atom. The molecule has 3 aliphatic rings. The van der Waals surface area contributed by atoms with Crippen LogP contribution in [0.5, 0.6) is 23.0 Å². The molecule has 0 spiro atoms. The Hall–Kier alpha value is -3.03. The number of carbonyl (C=O) groups is 1. The molecule has 0 radical (unpaired) electrons. The van der Waals surface area contributed by atoms with E-state index in [1.54, 1.807) is 24.3 Å². The minimum atomic E-state index is -0.217. The molecule has 1 N–H and O–H groups in total. The predicted molar refractivity (Wildman–Crippen MR) is 96.6 cm³/mol. The first-order valence-corrected chi connectivity index (χ1v) is 9.27. The summed E-state index contributed by atoms with van der Waals surface area (Å²) in [6.07, 6.45) is 1.67. The molecule has 0 aliphatic carbocycles. The molecule has 0 unspecified atom stereocenters. The van der Waals surface area contributed by atoms with Crippen LogP contribution in [-0.4, -0.2) is 38.9 Å². The maximum atomic E-state index is 12.8. The Morgan fingerprint density at radius 3 is 2.75 bits per heavy atom. The summed E-state index contributed by atoms with van der Waals surface area (Å²) in [5.41, 5.74) is 1.76. The van der Waals surface area contributed by atoms with E-state index in [4.69, 9.17) is 18.9 Å². The number of ether oxygens (including phenoxy) is 4. The molecule has 0 saturated carbocycles. The first-order chi connectivity index (χ1) is 13.7. The van der Waals surface area contributed by atoms with Crippen LogP contribution in [0, 0.1) is 0 Å². The van der Waals surface area contributed by atoms with Gasteiger partial charge in [-0.1, -0.05) is 17.9 Å². The molecule has 0 aromatic heterocycles. The number of hydrogen-bond donors (Lipinski definition) is 1. The van der Waals surface area contributed by atoms with Crippen molar-refractivity contribution in [1.82, 2.24) is 0 Å². The van der Waals surface area contributed by atoms with Crippen LogP contribution in [0.15, 0.2) is 36.1 Å². The highest BCUT2D eigenvalue weighted by molar-refractivity contribution is 6.15. The average Bonchev–Trinajstić information content (AvgIpc) is 3.30. The molecule has 7 heteroatoms. The number of nitrogens with one attached hydrogen (secondary N) is 1.